The molecule has 19 heavy (non-hydrogen) atoms. The number of hydrogen-bond donors (Lipinski definition) is 1. The molecule has 1 aromatic rings. The van der Waals surface area contributed by atoms with E-state index in [1.54, 1.807) is 0 Å². The summed E-state index contributed by atoms with van der Waals surface area (Å²) in [7, 11) is 0. The molecule has 1 atom stereocenters. The fraction of sp³-hybridized carbons (Fsp3) is 0.588. The lowest BCUT2D eigenvalue weighted by Gasteiger charge is -2.29. The normalized spacial score (nSPS) is 15.1. The highest BCUT2D eigenvalue weighted by Crippen LogP contribution is 2.27. The quantitative estimate of drug-likeness (QED) is 0.878. The molecular formula is C17H26O2. The highest BCUT2D eigenvalue weighted by Gasteiger charge is 2.33. The van der Waals surface area contributed by atoms with Gasteiger partial charge < -0.3 is 5.11 Å². The minimum absolute atomic E-state index is 0.115. The molecule has 2 nitrogen and oxygen atoms in total. The summed E-state index contributed by atoms with van der Waals surface area (Å²) in [6.07, 6.45) is 1.34. The zero-order chi connectivity index (χ0) is 14.7. The molecule has 0 aromatic heterocycles. The monoisotopic (exact) mass is 262 g/mol. The number of benzene rings is 1. The molecule has 0 radical (unpaired) electrons. The number of hydrogen-bond acceptors (Lipinski definition) is 2. The van der Waals surface area contributed by atoms with Gasteiger partial charge in [-0.2, -0.15) is 0 Å². The fourth-order valence-corrected chi connectivity index (χ4v) is 2.08. The Kier molecular flexibility index (Phi) is 4.92. The second-order valence-corrected chi connectivity index (χ2v) is 6.59. The lowest BCUT2D eigenvalue weighted by Crippen LogP contribution is -2.37. The van der Waals surface area contributed by atoms with Gasteiger partial charge in [0.2, 0.25) is 0 Å². The van der Waals surface area contributed by atoms with Crippen molar-refractivity contribution >= 4 is 5.78 Å². The molecule has 1 rings (SSSR count). The van der Waals surface area contributed by atoms with Gasteiger partial charge in [-0.1, -0.05) is 57.5 Å². The third kappa shape index (κ3) is 4.79. The molecule has 2 heteroatoms. The van der Waals surface area contributed by atoms with Crippen molar-refractivity contribution < 1.29 is 9.90 Å². The van der Waals surface area contributed by atoms with Gasteiger partial charge >= 0.3 is 0 Å². The first-order chi connectivity index (χ1) is 8.66. The van der Waals surface area contributed by atoms with Gasteiger partial charge in [0.25, 0.3) is 0 Å². The number of rotatable bonds is 5. The molecule has 0 heterocycles. The Morgan fingerprint density at radius 2 is 1.89 bits per heavy atom. The van der Waals surface area contributed by atoms with E-state index in [0.717, 1.165) is 5.56 Å². The van der Waals surface area contributed by atoms with Crippen LogP contribution in [0.4, 0.5) is 0 Å². The number of Topliss-reactive ketones (excluding diaryl/α,β-unsaturated/α-hetero) is 1. The van der Waals surface area contributed by atoms with Crippen LogP contribution in [0.3, 0.4) is 0 Å². The molecule has 1 N–H and O–H groups in total. The van der Waals surface area contributed by atoms with E-state index in [1.807, 2.05) is 52.8 Å². The Labute approximate surface area is 116 Å². The molecule has 0 saturated carbocycles. The molecular weight excluding hydrogens is 236 g/mol. The molecule has 1 unspecified atom stereocenters. The first-order valence-corrected chi connectivity index (χ1v) is 6.97. The maximum atomic E-state index is 12.1. The van der Waals surface area contributed by atoms with Crippen LogP contribution in [0.5, 0.6) is 0 Å². The van der Waals surface area contributed by atoms with E-state index in [0.29, 0.717) is 12.8 Å². The van der Waals surface area contributed by atoms with Crippen molar-refractivity contribution in [2.24, 2.45) is 5.41 Å². The van der Waals surface area contributed by atoms with E-state index in [9.17, 15) is 9.90 Å². The Balaban J connectivity index is 2.84. The highest BCUT2D eigenvalue weighted by atomic mass is 16.3. The van der Waals surface area contributed by atoms with Crippen molar-refractivity contribution in [3.63, 3.8) is 0 Å². The summed E-state index contributed by atoms with van der Waals surface area (Å²) in [6, 6.07) is 8.11. The van der Waals surface area contributed by atoms with E-state index in [4.69, 9.17) is 0 Å². The molecule has 0 spiro atoms. The smallest absolute Gasteiger partial charge is 0.141 e. The van der Waals surface area contributed by atoms with Crippen LogP contribution < -0.4 is 0 Å². The Bertz CT molecular complexity index is 443. The Morgan fingerprint density at radius 3 is 2.37 bits per heavy atom. The van der Waals surface area contributed by atoms with E-state index in [2.05, 4.69) is 6.07 Å². The van der Waals surface area contributed by atoms with Crippen LogP contribution in [0.1, 0.15) is 51.7 Å². The second kappa shape index (κ2) is 5.87. The summed E-state index contributed by atoms with van der Waals surface area (Å²) in [5, 5.41) is 10.7. The maximum Gasteiger partial charge on any atom is 0.141 e. The predicted molar refractivity (Wildman–Crippen MR) is 79.2 cm³/mol. The number of aryl methyl sites for hydroxylation is 1. The molecule has 0 aliphatic carbocycles. The topological polar surface area (TPSA) is 37.3 Å². The summed E-state index contributed by atoms with van der Waals surface area (Å²) in [4.78, 5) is 12.1. The summed E-state index contributed by atoms with van der Waals surface area (Å²) in [5.74, 6) is 0.115. The fourth-order valence-electron chi connectivity index (χ4n) is 2.08. The molecule has 0 aliphatic rings. The predicted octanol–water partition coefficient (Wildman–Crippen LogP) is 3.68. The van der Waals surface area contributed by atoms with Gasteiger partial charge in [-0.05, 0) is 18.9 Å². The number of carbonyl (C=O) groups excluding carboxylic acids is 1. The van der Waals surface area contributed by atoms with Crippen molar-refractivity contribution in [2.45, 2.75) is 59.5 Å². The summed E-state index contributed by atoms with van der Waals surface area (Å²) in [5.41, 5.74) is 0.942. The van der Waals surface area contributed by atoms with Crippen LogP contribution in [0, 0.1) is 12.3 Å². The van der Waals surface area contributed by atoms with Crippen LogP contribution >= 0.6 is 0 Å². The van der Waals surface area contributed by atoms with E-state index >= 15 is 0 Å². The summed E-state index contributed by atoms with van der Waals surface area (Å²) < 4.78 is 0. The van der Waals surface area contributed by atoms with Crippen molar-refractivity contribution in [1.29, 1.82) is 0 Å². The first-order valence-electron chi connectivity index (χ1n) is 6.97. The van der Waals surface area contributed by atoms with Gasteiger partial charge in [-0.25, -0.2) is 0 Å². The zero-order valence-corrected chi connectivity index (χ0v) is 12.8. The third-order valence-corrected chi connectivity index (χ3v) is 3.60. The minimum atomic E-state index is -0.932. The first kappa shape index (κ1) is 15.9. The standard InChI is InChI=1S/C17H26O2/c1-6-17(19,12-15(18)16(3,4)5)11-14-9-7-8-13(2)10-14/h7-10,19H,6,11-12H2,1-5H3. The van der Waals surface area contributed by atoms with Crippen molar-refractivity contribution in [2.75, 3.05) is 0 Å². The Morgan fingerprint density at radius 1 is 1.26 bits per heavy atom. The van der Waals surface area contributed by atoms with Gasteiger partial charge in [-0.15, -0.1) is 0 Å². The number of ketones is 1. The van der Waals surface area contributed by atoms with Crippen LogP contribution in [0.25, 0.3) is 0 Å². The molecule has 0 amide bonds. The lowest BCUT2D eigenvalue weighted by molar-refractivity contribution is -0.131. The highest BCUT2D eigenvalue weighted by molar-refractivity contribution is 5.84. The van der Waals surface area contributed by atoms with E-state index in [-0.39, 0.29) is 12.2 Å². The van der Waals surface area contributed by atoms with Gasteiger partial charge in [0, 0.05) is 18.3 Å². The second-order valence-electron chi connectivity index (χ2n) is 6.59. The largest absolute Gasteiger partial charge is 0.389 e. The molecule has 1 aromatic carbocycles. The van der Waals surface area contributed by atoms with E-state index < -0.39 is 11.0 Å². The maximum absolute atomic E-state index is 12.1. The third-order valence-electron chi connectivity index (χ3n) is 3.60. The number of aliphatic hydroxyl groups is 1. The van der Waals surface area contributed by atoms with Crippen LogP contribution in [0.2, 0.25) is 0 Å². The van der Waals surface area contributed by atoms with Gasteiger partial charge in [0.05, 0.1) is 5.60 Å². The minimum Gasteiger partial charge on any atom is -0.389 e. The Hall–Kier alpha value is -1.15. The van der Waals surface area contributed by atoms with Crippen LogP contribution in [-0.2, 0) is 11.2 Å². The molecule has 0 aliphatic heterocycles. The van der Waals surface area contributed by atoms with Gasteiger partial charge in [-0.3, -0.25) is 4.79 Å². The van der Waals surface area contributed by atoms with Crippen LogP contribution in [0.15, 0.2) is 24.3 Å². The average molecular weight is 262 g/mol. The van der Waals surface area contributed by atoms with Gasteiger partial charge in [0.1, 0.15) is 5.78 Å². The van der Waals surface area contributed by atoms with Crippen molar-refractivity contribution in [3.05, 3.63) is 35.4 Å². The van der Waals surface area contributed by atoms with Crippen molar-refractivity contribution in [1.82, 2.24) is 0 Å². The summed E-state index contributed by atoms with van der Waals surface area (Å²) >= 11 is 0. The molecule has 0 bridgehead atoms. The zero-order valence-electron chi connectivity index (χ0n) is 12.8. The van der Waals surface area contributed by atoms with Crippen molar-refractivity contribution in [3.8, 4) is 0 Å². The number of carbonyl (C=O) groups is 1. The molecule has 0 fully saturated rings. The van der Waals surface area contributed by atoms with Crippen LogP contribution in [-0.4, -0.2) is 16.5 Å². The SMILES string of the molecule is CCC(O)(CC(=O)C(C)(C)C)Cc1cccc(C)c1. The average Bonchev–Trinajstić information content (AvgIpc) is 2.27. The lowest BCUT2D eigenvalue weighted by atomic mass is 9.79. The van der Waals surface area contributed by atoms with E-state index in [1.165, 1.54) is 5.56 Å². The van der Waals surface area contributed by atoms with Gasteiger partial charge in [0.15, 0.2) is 0 Å². The molecule has 106 valence electrons. The molecule has 0 saturated heterocycles. The summed E-state index contributed by atoms with van der Waals surface area (Å²) in [6.45, 7) is 9.68.